The molecule has 94 valence electrons. The molecule has 0 saturated carbocycles. The molecule has 1 aromatic heterocycles. The van der Waals surface area contributed by atoms with E-state index in [4.69, 9.17) is 13.9 Å². The highest BCUT2D eigenvalue weighted by Gasteiger charge is 2.19. The number of ketones is 1. The first-order valence-electron chi connectivity index (χ1n) is 5.53. The summed E-state index contributed by atoms with van der Waals surface area (Å²) in [6, 6.07) is 8.76. The van der Waals surface area contributed by atoms with E-state index >= 15 is 0 Å². The van der Waals surface area contributed by atoms with E-state index in [0.29, 0.717) is 22.8 Å². The lowest BCUT2D eigenvalue weighted by molar-refractivity contribution is 0.0981. The van der Waals surface area contributed by atoms with Crippen LogP contribution in [-0.2, 0) is 6.42 Å². The minimum absolute atomic E-state index is 0.0979. The Labute approximate surface area is 105 Å². The van der Waals surface area contributed by atoms with Crippen LogP contribution in [0.25, 0.3) is 0 Å². The third-order valence-electron chi connectivity index (χ3n) is 2.62. The molecule has 0 radical (unpaired) electrons. The van der Waals surface area contributed by atoms with Crippen LogP contribution in [0.2, 0.25) is 0 Å². The zero-order chi connectivity index (χ0) is 13.0. The Bertz CT molecular complexity index is 506. The maximum atomic E-state index is 12.3. The molecule has 0 N–H and O–H groups in total. The number of methoxy groups -OCH3 is 2. The van der Waals surface area contributed by atoms with E-state index in [2.05, 4.69) is 0 Å². The second kappa shape index (κ2) is 5.40. The van der Waals surface area contributed by atoms with E-state index in [1.165, 1.54) is 14.2 Å². The number of hydrogen-bond acceptors (Lipinski definition) is 4. The molecule has 2 rings (SSSR count). The number of carbonyl (C=O) groups is 1. The maximum Gasteiger partial charge on any atom is 0.177 e. The highest BCUT2D eigenvalue weighted by atomic mass is 16.5. The van der Waals surface area contributed by atoms with Gasteiger partial charge in [-0.2, -0.15) is 0 Å². The van der Waals surface area contributed by atoms with Gasteiger partial charge < -0.3 is 13.9 Å². The molecule has 0 aliphatic heterocycles. The van der Waals surface area contributed by atoms with E-state index in [-0.39, 0.29) is 12.2 Å². The van der Waals surface area contributed by atoms with Crippen molar-refractivity contribution in [2.45, 2.75) is 6.42 Å². The normalized spacial score (nSPS) is 10.1. The van der Waals surface area contributed by atoms with Crippen LogP contribution in [0.15, 0.2) is 41.0 Å². The summed E-state index contributed by atoms with van der Waals surface area (Å²) in [5, 5.41) is 0. The Morgan fingerprint density at radius 2 is 1.78 bits per heavy atom. The number of benzene rings is 1. The minimum Gasteiger partial charge on any atom is -0.496 e. The van der Waals surface area contributed by atoms with Gasteiger partial charge in [0.2, 0.25) is 0 Å². The highest BCUT2D eigenvalue weighted by Crippen LogP contribution is 2.29. The van der Waals surface area contributed by atoms with Crippen molar-refractivity contribution in [2.24, 2.45) is 0 Å². The molecule has 0 aliphatic carbocycles. The predicted octanol–water partition coefficient (Wildman–Crippen LogP) is 2.72. The molecule has 2 aromatic rings. The molecule has 0 aliphatic rings. The van der Waals surface area contributed by atoms with Crippen molar-refractivity contribution in [2.75, 3.05) is 14.2 Å². The zero-order valence-corrected chi connectivity index (χ0v) is 10.3. The average Bonchev–Trinajstić information content (AvgIpc) is 2.90. The molecule has 1 heterocycles. The number of carbonyl (C=O) groups excluding carboxylic acids is 1. The lowest BCUT2D eigenvalue weighted by Crippen LogP contribution is -2.07. The first kappa shape index (κ1) is 12.2. The number of rotatable bonds is 5. The zero-order valence-electron chi connectivity index (χ0n) is 10.3. The van der Waals surface area contributed by atoms with Crippen LogP contribution in [0.1, 0.15) is 16.1 Å². The Kier molecular flexibility index (Phi) is 3.67. The van der Waals surface area contributed by atoms with E-state index < -0.39 is 0 Å². The molecule has 0 fully saturated rings. The van der Waals surface area contributed by atoms with Crippen molar-refractivity contribution in [1.82, 2.24) is 0 Å². The second-order valence-electron chi connectivity index (χ2n) is 3.72. The van der Waals surface area contributed by atoms with Crippen molar-refractivity contribution >= 4 is 5.78 Å². The third kappa shape index (κ3) is 2.37. The van der Waals surface area contributed by atoms with E-state index in [9.17, 15) is 4.79 Å². The Morgan fingerprint density at radius 1 is 1.11 bits per heavy atom. The maximum absolute atomic E-state index is 12.3. The van der Waals surface area contributed by atoms with Gasteiger partial charge in [-0.15, -0.1) is 0 Å². The van der Waals surface area contributed by atoms with Crippen LogP contribution >= 0.6 is 0 Å². The van der Waals surface area contributed by atoms with Crippen LogP contribution in [0.4, 0.5) is 0 Å². The molecule has 4 heteroatoms. The van der Waals surface area contributed by atoms with E-state index in [1.807, 2.05) is 0 Å². The fourth-order valence-electron chi connectivity index (χ4n) is 1.79. The second-order valence-corrected chi connectivity index (χ2v) is 3.72. The lowest BCUT2D eigenvalue weighted by atomic mass is 10.0. The standard InChI is InChI=1S/C14H14O4/c1-16-12-6-3-7-13(17-2)14(12)11(15)9-10-5-4-8-18-10/h3-8H,9H2,1-2H3. The number of furan rings is 1. The van der Waals surface area contributed by atoms with Gasteiger partial charge in [0, 0.05) is 0 Å². The van der Waals surface area contributed by atoms with Crippen LogP contribution in [0, 0.1) is 0 Å². The van der Waals surface area contributed by atoms with Gasteiger partial charge in [0.1, 0.15) is 22.8 Å². The fraction of sp³-hybridized carbons (Fsp3) is 0.214. The van der Waals surface area contributed by atoms with Crippen molar-refractivity contribution in [3.63, 3.8) is 0 Å². The Hall–Kier alpha value is -2.23. The van der Waals surface area contributed by atoms with E-state index in [0.717, 1.165) is 0 Å². The lowest BCUT2D eigenvalue weighted by Gasteiger charge is -2.11. The molecule has 1 aromatic carbocycles. The van der Waals surface area contributed by atoms with Gasteiger partial charge in [-0.1, -0.05) is 6.07 Å². The summed E-state index contributed by atoms with van der Waals surface area (Å²) >= 11 is 0. The summed E-state index contributed by atoms with van der Waals surface area (Å²) in [4.78, 5) is 12.3. The van der Waals surface area contributed by atoms with Gasteiger partial charge in [0.05, 0.1) is 26.9 Å². The van der Waals surface area contributed by atoms with Gasteiger partial charge in [0.25, 0.3) is 0 Å². The van der Waals surface area contributed by atoms with E-state index in [1.54, 1.807) is 36.6 Å². The van der Waals surface area contributed by atoms with Crippen molar-refractivity contribution < 1.29 is 18.7 Å². The molecule has 4 nitrogen and oxygen atoms in total. The first-order valence-corrected chi connectivity index (χ1v) is 5.53. The van der Waals surface area contributed by atoms with Crippen molar-refractivity contribution in [3.8, 4) is 11.5 Å². The number of ether oxygens (including phenoxy) is 2. The molecule has 0 saturated heterocycles. The smallest absolute Gasteiger partial charge is 0.177 e. The van der Waals surface area contributed by atoms with Gasteiger partial charge in [-0.05, 0) is 24.3 Å². The molecule has 0 spiro atoms. The van der Waals surface area contributed by atoms with Crippen molar-refractivity contribution in [1.29, 1.82) is 0 Å². The molecular weight excluding hydrogens is 232 g/mol. The molecular formula is C14H14O4. The van der Waals surface area contributed by atoms with Gasteiger partial charge in [-0.3, -0.25) is 4.79 Å². The Morgan fingerprint density at radius 3 is 2.28 bits per heavy atom. The monoisotopic (exact) mass is 246 g/mol. The van der Waals surface area contributed by atoms with Gasteiger partial charge in [-0.25, -0.2) is 0 Å². The third-order valence-corrected chi connectivity index (χ3v) is 2.62. The molecule has 0 unspecified atom stereocenters. The summed E-state index contributed by atoms with van der Waals surface area (Å²) in [5.74, 6) is 1.53. The predicted molar refractivity (Wildman–Crippen MR) is 66.3 cm³/mol. The average molecular weight is 246 g/mol. The summed E-state index contributed by atoms with van der Waals surface area (Å²) in [6.07, 6.45) is 1.73. The number of Topliss-reactive ketones (excluding diaryl/α,β-unsaturated/α-hetero) is 1. The Balaban J connectivity index is 2.33. The van der Waals surface area contributed by atoms with Crippen LogP contribution in [0.5, 0.6) is 11.5 Å². The fourth-order valence-corrected chi connectivity index (χ4v) is 1.79. The first-order chi connectivity index (χ1) is 8.76. The summed E-state index contributed by atoms with van der Waals surface area (Å²) in [7, 11) is 3.05. The largest absolute Gasteiger partial charge is 0.496 e. The molecule has 18 heavy (non-hydrogen) atoms. The highest BCUT2D eigenvalue weighted by molar-refractivity contribution is 6.02. The molecule has 0 atom stereocenters. The molecule has 0 bridgehead atoms. The SMILES string of the molecule is COc1cccc(OC)c1C(=O)Cc1ccco1. The molecule has 0 amide bonds. The number of hydrogen-bond donors (Lipinski definition) is 0. The summed E-state index contributed by atoms with van der Waals surface area (Å²) < 4.78 is 15.6. The minimum atomic E-state index is -0.0979. The van der Waals surface area contributed by atoms with Crippen molar-refractivity contribution in [3.05, 3.63) is 47.9 Å². The van der Waals surface area contributed by atoms with Crippen LogP contribution < -0.4 is 9.47 Å². The van der Waals surface area contributed by atoms with Crippen LogP contribution in [-0.4, -0.2) is 20.0 Å². The van der Waals surface area contributed by atoms with Gasteiger partial charge in [0.15, 0.2) is 5.78 Å². The topological polar surface area (TPSA) is 48.7 Å². The van der Waals surface area contributed by atoms with Gasteiger partial charge >= 0.3 is 0 Å². The van der Waals surface area contributed by atoms with Crippen LogP contribution in [0.3, 0.4) is 0 Å². The summed E-state index contributed by atoms with van der Waals surface area (Å²) in [5.41, 5.74) is 0.443. The summed E-state index contributed by atoms with van der Waals surface area (Å²) in [6.45, 7) is 0. The quantitative estimate of drug-likeness (QED) is 0.761.